The third-order valence-corrected chi connectivity index (χ3v) is 6.50. The quantitative estimate of drug-likeness (QED) is 0.258. The zero-order valence-corrected chi connectivity index (χ0v) is 19.7. The normalized spacial score (nSPS) is 11.0. The van der Waals surface area contributed by atoms with Gasteiger partial charge in [0.1, 0.15) is 0 Å². The molecule has 0 saturated heterocycles. The highest BCUT2D eigenvalue weighted by atomic mass is 35.5. The standard InChI is InChI=1S/C32H21ClN2/c33-29-19-18-28(26-16-7-8-17-27(26)29)31-21-30(34-32(35-31)23-12-5-2-6-13-23)25-15-9-14-24(20-25)22-10-3-1-4-11-22/h1-21H. The number of aromatic nitrogens is 2. The first-order valence-corrected chi connectivity index (χ1v) is 11.9. The monoisotopic (exact) mass is 468 g/mol. The Morgan fingerprint density at radius 1 is 0.429 bits per heavy atom. The second-order valence-corrected chi connectivity index (χ2v) is 8.82. The first-order valence-electron chi connectivity index (χ1n) is 11.5. The Morgan fingerprint density at radius 3 is 1.80 bits per heavy atom. The summed E-state index contributed by atoms with van der Waals surface area (Å²) in [6.07, 6.45) is 0. The van der Waals surface area contributed by atoms with Crippen LogP contribution in [0.1, 0.15) is 0 Å². The number of rotatable bonds is 4. The van der Waals surface area contributed by atoms with Gasteiger partial charge in [-0.05, 0) is 34.7 Å². The van der Waals surface area contributed by atoms with E-state index in [1.54, 1.807) is 0 Å². The molecule has 0 radical (unpaired) electrons. The summed E-state index contributed by atoms with van der Waals surface area (Å²) in [6.45, 7) is 0. The average molecular weight is 469 g/mol. The van der Waals surface area contributed by atoms with Crippen LogP contribution in [0.5, 0.6) is 0 Å². The number of benzene rings is 5. The molecule has 0 fully saturated rings. The highest BCUT2D eigenvalue weighted by Crippen LogP contribution is 2.35. The maximum atomic E-state index is 6.51. The molecule has 0 aliphatic carbocycles. The molecule has 5 aromatic carbocycles. The highest BCUT2D eigenvalue weighted by Gasteiger charge is 2.14. The van der Waals surface area contributed by atoms with Crippen LogP contribution in [0.15, 0.2) is 127 Å². The maximum absolute atomic E-state index is 6.51. The van der Waals surface area contributed by atoms with E-state index in [1.165, 1.54) is 5.56 Å². The van der Waals surface area contributed by atoms with E-state index in [0.29, 0.717) is 5.82 Å². The van der Waals surface area contributed by atoms with E-state index in [4.69, 9.17) is 21.6 Å². The predicted molar refractivity (Wildman–Crippen MR) is 146 cm³/mol. The number of hydrogen-bond acceptors (Lipinski definition) is 2. The molecule has 35 heavy (non-hydrogen) atoms. The fourth-order valence-electron chi connectivity index (χ4n) is 4.42. The van der Waals surface area contributed by atoms with Crippen LogP contribution in [0.4, 0.5) is 0 Å². The molecule has 2 nitrogen and oxygen atoms in total. The summed E-state index contributed by atoms with van der Waals surface area (Å²) in [6, 6.07) is 43.3. The van der Waals surface area contributed by atoms with Crippen LogP contribution < -0.4 is 0 Å². The zero-order chi connectivity index (χ0) is 23.6. The first-order chi connectivity index (χ1) is 17.3. The van der Waals surface area contributed by atoms with E-state index in [-0.39, 0.29) is 0 Å². The second kappa shape index (κ2) is 9.17. The van der Waals surface area contributed by atoms with Crippen molar-refractivity contribution in [2.75, 3.05) is 0 Å². The van der Waals surface area contributed by atoms with Crippen molar-refractivity contribution >= 4 is 22.4 Å². The minimum Gasteiger partial charge on any atom is -0.228 e. The molecule has 0 bridgehead atoms. The molecule has 0 saturated carbocycles. The van der Waals surface area contributed by atoms with Gasteiger partial charge < -0.3 is 0 Å². The second-order valence-electron chi connectivity index (χ2n) is 8.42. The molecule has 0 aliphatic rings. The van der Waals surface area contributed by atoms with Gasteiger partial charge in [0.15, 0.2) is 5.82 Å². The molecule has 0 aliphatic heterocycles. The van der Waals surface area contributed by atoms with Crippen LogP contribution in [-0.2, 0) is 0 Å². The third kappa shape index (κ3) is 4.21. The van der Waals surface area contributed by atoms with Gasteiger partial charge in [-0.15, -0.1) is 0 Å². The van der Waals surface area contributed by atoms with Crippen LogP contribution in [0.3, 0.4) is 0 Å². The molecule has 6 rings (SSSR count). The number of fused-ring (bicyclic) bond motifs is 1. The summed E-state index contributed by atoms with van der Waals surface area (Å²) in [5.74, 6) is 0.697. The Morgan fingerprint density at radius 2 is 1.03 bits per heavy atom. The van der Waals surface area contributed by atoms with Gasteiger partial charge in [-0.25, -0.2) is 9.97 Å². The fraction of sp³-hybridized carbons (Fsp3) is 0. The van der Waals surface area contributed by atoms with Crippen LogP contribution in [0, 0.1) is 0 Å². The Labute approximate surface area is 209 Å². The molecule has 6 aromatic rings. The lowest BCUT2D eigenvalue weighted by molar-refractivity contribution is 1.18. The Bertz CT molecular complexity index is 1640. The largest absolute Gasteiger partial charge is 0.228 e. The molecular formula is C32H21ClN2. The summed E-state index contributed by atoms with van der Waals surface area (Å²) in [5.41, 5.74) is 7.14. The number of halogens is 1. The average Bonchev–Trinajstić information content (AvgIpc) is 2.94. The van der Waals surface area contributed by atoms with Gasteiger partial charge in [0, 0.05) is 27.1 Å². The molecule has 0 spiro atoms. The zero-order valence-electron chi connectivity index (χ0n) is 18.9. The minimum atomic E-state index is 0.697. The van der Waals surface area contributed by atoms with Gasteiger partial charge in [-0.3, -0.25) is 0 Å². The van der Waals surface area contributed by atoms with Crippen molar-refractivity contribution in [3.8, 4) is 45.0 Å². The van der Waals surface area contributed by atoms with Crippen LogP contribution in [0.2, 0.25) is 5.02 Å². The van der Waals surface area contributed by atoms with E-state index >= 15 is 0 Å². The Kier molecular flexibility index (Phi) is 5.57. The molecule has 0 N–H and O–H groups in total. The van der Waals surface area contributed by atoms with Crippen molar-refractivity contribution < 1.29 is 0 Å². The van der Waals surface area contributed by atoms with E-state index < -0.39 is 0 Å². The molecular weight excluding hydrogens is 448 g/mol. The van der Waals surface area contributed by atoms with Crippen molar-refractivity contribution in [3.05, 3.63) is 132 Å². The van der Waals surface area contributed by atoms with Crippen LogP contribution in [0.25, 0.3) is 55.8 Å². The molecule has 166 valence electrons. The minimum absolute atomic E-state index is 0.697. The van der Waals surface area contributed by atoms with Gasteiger partial charge in [-0.1, -0.05) is 121 Å². The van der Waals surface area contributed by atoms with E-state index in [0.717, 1.165) is 49.4 Å². The van der Waals surface area contributed by atoms with Gasteiger partial charge >= 0.3 is 0 Å². The molecule has 3 heteroatoms. The van der Waals surface area contributed by atoms with E-state index in [9.17, 15) is 0 Å². The summed E-state index contributed by atoms with van der Waals surface area (Å²) in [5, 5.41) is 2.82. The molecule has 1 heterocycles. The SMILES string of the molecule is Clc1ccc(-c2cc(-c3cccc(-c4ccccc4)c3)nc(-c3ccccc3)n2)c2ccccc12. The Hall–Kier alpha value is -4.27. The van der Waals surface area contributed by atoms with Gasteiger partial charge in [0.05, 0.1) is 11.4 Å². The van der Waals surface area contributed by atoms with Gasteiger partial charge in [0.2, 0.25) is 0 Å². The summed E-state index contributed by atoms with van der Waals surface area (Å²) < 4.78 is 0. The maximum Gasteiger partial charge on any atom is 0.160 e. The lowest BCUT2D eigenvalue weighted by Gasteiger charge is -2.12. The highest BCUT2D eigenvalue weighted by molar-refractivity contribution is 6.36. The summed E-state index contributed by atoms with van der Waals surface area (Å²) in [4.78, 5) is 10.0. The summed E-state index contributed by atoms with van der Waals surface area (Å²) in [7, 11) is 0. The number of hydrogen-bond donors (Lipinski definition) is 0. The van der Waals surface area contributed by atoms with Crippen molar-refractivity contribution in [2.45, 2.75) is 0 Å². The van der Waals surface area contributed by atoms with E-state index in [1.807, 2.05) is 66.7 Å². The van der Waals surface area contributed by atoms with Crippen molar-refractivity contribution in [3.63, 3.8) is 0 Å². The first kappa shape index (κ1) is 21.3. The smallest absolute Gasteiger partial charge is 0.160 e. The Balaban J connectivity index is 1.57. The van der Waals surface area contributed by atoms with Crippen LogP contribution in [-0.4, -0.2) is 9.97 Å². The number of nitrogens with zero attached hydrogens (tertiary/aromatic N) is 2. The molecule has 0 amide bonds. The fourth-order valence-corrected chi connectivity index (χ4v) is 4.65. The molecule has 0 atom stereocenters. The van der Waals surface area contributed by atoms with Crippen molar-refractivity contribution in [2.24, 2.45) is 0 Å². The van der Waals surface area contributed by atoms with Crippen molar-refractivity contribution in [1.29, 1.82) is 0 Å². The van der Waals surface area contributed by atoms with Crippen LogP contribution >= 0.6 is 11.6 Å². The van der Waals surface area contributed by atoms with Gasteiger partial charge in [0.25, 0.3) is 0 Å². The lowest BCUT2D eigenvalue weighted by Crippen LogP contribution is -1.96. The van der Waals surface area contributed by atoms with Gasteiger partial charge in [-0.2, -0.15) is 0 Å². The van der Waals surface area contributed by atoms with Crippen molar-refractivity contribution in [1.82, 2.24) is 9.97 Å². The van der Waals surface area contributed by atoms with E-state index in [2.05, 4.69) is 60.7 Å². The predicted octanol–water partition coefficient (Wildman–Crippen LogP) is 8.95. The molecule has 1 aromatic heterocycles. The summed E-state index contributed by atoms with van der Waals surface area (Å²) >= 11 is 6.51. The third-order valence-electron chi connectivity index (χ3n) is 6.17. The topological polar surface area (TPSA) is 25.8 Å². The molecule has 0 unspecified atom stereocenters. The lowest BCUT2D eigenvalue weighted by atomic mass is 9.98.